The molecule has 1 saturated heterocycles. The molecule has 2 N–H and O–H groups in total. The Morgan fingerprint density at radius 1 is 1.35 bits per heavy atom. The molecule has 0 bridgehead atoms. The molecule has 2 unspecified atom stereocenters. The number of hydrogen-bond donors (Lipinski definition) is 2. The molecule has 2 atom stereocenters. The first-order valence-corrected chi connectivity index (χ1v) is 6.36. The van der Waals surface area contributed by atoms with E-state index in [1.807, 2.05) is 6.07 Å². The molecular formula is C14H20FNO. The van der Waals surface area contributed by atoms with E-state index in [9.17, 15) is 9.50 Å². The molecule has 1 fully saturated rings. The van der Waals surface area contributed by atoms with Gasteiger partial charge in [0.25, 0.3) is 0 Å². The van der Waals surface area contributed by atoms with Crippen LogP contribution in [0.15, 0.2) is 18.2 Å². The lowest BCUT2D eigenvalue weighted by Crippen LogP contribution is -2.34. The van der Waals surface area contributed by atoms with E-state index in [0.29, 0.717) is 11.1 Å². The first kappa shape index (κ1) is 12.5. The molecule has 0 aromatic heterocycles. The molecule has 0 radical (unpaired) electrons. The average molecular weight is 237 g/mol. The fourth-order valence-corrected chi connectivity index (χ4v) is 2.35. The summed E-state index contributed by atoms with van der Waals surface area (Å²) in [4.78, 5) is 0. The van der Waals surface area contributed by atoms with Gasteiger partial charge in [0.2, 0.25) is 0 Å². The normalized spacial score (nSPS) is 23.1. The lowest BCUT2D eigenvalue weighted by atomic mass is 9.97. The van der Waals surface area contributed by atoms with E-state index in [0.717, 1.165) is 25.8 Å². The zero-order valence-corrected chi connectivity index (χ0v) is 10.2. The number of rotatable bonds is 2. The second kappa shape index (κ2) is 5.61. The van der Waals surface area contributed by atoms with Crippen molar-refractivity contribution in [1.29, 1.82) is 0 Å². The lowest BCUT2D eigenvalue weighted by Gasteiger charge is -2.23. The Kier molecular flexibility index (Phi) is 4.13. The zero-order chi connectivity index (χ0) is 12.3. The van der Waals surface area contributed by atoms with Crippen molar-refractivity contribution in [2.45, 2.75) is 44.8 Å². The third kappa shape index (κ3) is 3.05. The SMILES string of the molecule is Cc1ccc(C(O)C2CCCCCN2)cc1F. The number of aliphatic hydroxyl groups excluding tert-OH is 1. The molecule has 1 aliphatic rings. The number of aryl methyl sites for hydroxylation is 1. The van der Waals surface area contributed by atoms with Gasteiger partial charge in [0, 0.05) is 6.04 Å². The first-order chi connectivity index (χ1) is 8.18. The summed E-state index contributed by atoms with van der Waals surface area (Å²) >= 11 is 0. The third-order valence-corrected chi connectivity index (χ3v) is 3.52. The maximum atomic E-state index is 13.5. The Morgan fingerprint density at radius 3 is 2.94 bits per heavy atom. The minimum atomic E-state index is -0.608. The number of benzene rings is 1. The molecule has 0 aliphatic carbocycles. The maximum absolute atomic E-state index is 13.5. The number of nitrogens with one attached hydrogen (secondary N) is 1. The van der Waals surface area contributed by atoms with Crippen molar-refractivity contribution in [2.75, 3.05) is 6.54 Å². The van der Waals surface area contributed by atoms with Gasteiger partial charge in [-0.2, -0.15) is 0 Å². The minimum Gasteiger partial charge on any atom is -0.387 e. The molecule has 0 spiro atoms. The van der Waals surface area contributed by atoms with Crippen molar-refractivity contribution in [1.82, 2.24) is 5.32 Å². The Hall–Kier alpha value is -0.930. The number of hydrogen-bond acceptors (Lipinski definition) is 2. The van der Waals surface area contributed by atoms with Gasteiger partial charge in [0.05, 0.1) is 6.10 Å². The van der Waals surface area contributed by atoms with Crippen LogP contribution in [0.2, 0.25) is 0 Å². The van der Waals surface area contributed by atoms with Gasteiger partial charge in [-0.15, -0.1) is 0 Å². The average Bonchev–Trinajstić information content (AvgIpc) is 2.60. The highest BCUT2D eigenvalue weighted by Crippen LogP contribution is 2.24. The summed E-state index contributed by atoms with van der Waals surface area (Å²) in [7, 11) is 0. The molecule has 2 rings (SSSR count). The highest BCUT2D eigenvalue weighted by Gasteiger charge is 2.22. The van der Waals surface area contributed by atoms with Crippen LogP contribution in [0.25, 0.3) is 0 Å². The quantitative estimate of drug-likeness (QED) is 0.829. The molecule has 0 saturated carbocycles. The molecule has 17 heavy (non-hydrogen) atoms. The van der Waals surface area contributed by atoms with Gasteiger partial charge in [-0.1, -0.05) is 25.0 Å². The summed E-state index contributed by atoms with van der Waals surface area (Å²) in [6.45, 7) is 2.67. The van der Waals surface area contributed by atoms with Crippen molar-refractivity contribution < 1.29 is 9.50 Å². The van der Waals surface area contributed by atoms with Crippen molar-refractivity contribution in [3.63, 3.8) is 0 Å². The summed E-state index contributed by atoms with van der Waals surface area (Å²) in [6.07, 6.45) is 3.84. The van der Waals surface area contributed by atoms with Crippen LogP contribution in [-0.4, -0.2) is 17.7 Å². The maximum Gasteiger partial charge on any atom is 0.126 e. The van der Waals surface area contributed by atoms with E-state index in [-0.39, 0.29) is 11.9 Å². The highest BCUT2D eigenvalue weighted by molar-refractivity contribution is 5.25. The van der Waals surface area contributed by atoms with Crippen molar-refractivity contribution in [2.24, 2.45) is 0 Å². The Labute approximate surface area is 102 Å². The lowest BCUT2D eigenvalue weighted by molar-refractivity contribution is 0.126. The van der Waals surface area contributed by atoms with Crippen molar-refractivity contribution in [3.8, 4) is 0 Å². The number of halogens is 1. The molecule has 0 amide bonds. The van der Waals surface area contributed by atoms with Crippen LogP contribution in [0.1, 0.15) is 42.9 Å². The predicted molar refractivity (Wildman–Crippen MR) is 66.4 cm³/mol. The Bertz CT molecular complexity index is 372. The van der Waals surface area contributed by atoms with Crippen molar-refractivity contribution in [3.05, 3.63) is 35.1 Å². The topological polar surface area (TPSA) is 32.3 Å². The summed E-state index contributed by atoms with van der Waals surface area (Å²) < 4.78 is 13.5. The molecular weight excluding hydrogens is 217 g/mol. The molecule has 1 aromatic carbocycles. The van der Waals surface area contributed by atoms with Crippen LogP contribution >= 0.6 is 0 Å². The third-order valence-electron chi connectivity index (χ3n) is 3.52. The van der Waals surface area contributed by atoms with Gasteiger partial charge in [-0.25, -0.2) is 4.39 Å². The first-order valence-electron chi connectivity index (χ1n) is 6.36. The molecule has 1 aromatic rings. The molecule has 94 valence electrons. The molecule has 2 nitrogen and oxygen atoms in total. The zero-order valence-electron chi connectivity index (χ0n) is 10.2. The van der Waals surface area contributed by atoms with E-state index in [2.05, 4.69) is 5.32 Å². The predicted octanol–water partition coefficient (Wildman–Crippen LogP) is 2.70. The minimum absolute atomic E-state index is 0.0552. The fraction of sp³-hybridized carbons (Fsp3) is 0.571. The second-order valence-electron chi connectivity index (χ2n) is 4.86. The van der Waals surface area contributed by atoms with Gasteiger partial charge in [0.1, 0.15) is 5.82 Å². The summed E-state index contributed by atoms with van der Waals surface area (Å²) in [5.41, 5.74) is 1.29. The largest absolute Gasteiger partial charge is 0.387 e. The van der Waals surface area contributed by atoms with Gasteiger partial charge in [-0.3, -0.25) is 0 Å². The van der Waals surface area contributed by atoms with E-state index < -0.39 is 6.10 Å². The summed E-state index contributed by atoms with van der Waals surface area (Å²) in [5.74, 6) is -0.241. The van der Waals surface area contributed by atoms with Gasteiger partial charge in [-0.05, 0) is 43.5 Å². The van der Waals surface area contributed by atoms with Crippen molar-refractivity contribution >= 4 is 0 Å². The standard InChI is InChI=1S/C14H20FNO/c1-10-6-7-11(9-12(10)15)14(17)13-5-3-2-4-8-16-13/h6-7,9,13-14,16-17H,2-5,8H2,1H3. The van der Waals surface area contributed by atoms with Crippen LogP contribution < -0.4 is 5.32 Å². The summed E-state index contributed by atoms with van der Waals surface area (Å²) in [5, 5.41) is 13.6. The van der Waals surface area contributed by atoms with Crippen LogP contribution in [-0.2, 0) is 0 Å². The van der Waals surface area contributed by atoms with E-state index in [1.54, 1.807) is 13.0 Å². The molecule has 3 heteroatoms. The molecule has 1 heterocycles. The number of aliphatic hydroxyl groups is 1. The van der Waals surface area contributed by atoms with Crippen LogP contribution in [0, 0.1) is 12.7 Å². The van der Waals surface area contributed by atoms with E-state index >= 15 is 0 Å². The smallest absolute Gasteiger partial charge is 0.126 e. The van der Waals surface area contributed by atoms with E-state index in [1.165, 1.54) is 12.5 Å². The monoisotopic (exact) mass is 237 g/mol. The van der Waals surface area contributed by atoms with Gasteiger partial charge in [0.15, 0.2) is 0 Å². The Morgan fingerprint density at radius 2 is 2.18 bits per heavy atom. The Balaban J connectivity index is 2.11. The van der Waals surface area contributed by atoms with E-state index in [4.69, 9.17) is 0 Å². The van der Waals surface area contributed by atoms with Gasteiger partial charge < -0.3 is 10.4 Å². The highest BCUT2D eigenvalue weighted by atomic mass is 19.1. The second-order valence-corrected chi connectivity index (χ2v) is 4.86. The molecule has 1 aliphatic heterocycles. The van der Waals surface area contributed by atoms with Crippen LogP contribution in [0.4, 0.5) is 4.39 Å². The van der Waals surface area contributed by atoms with Crippen LogP contribution in [0.3, 0.4) is 0 Å². The fourth-order valence-electron chi connectivity index (χ4n) is 2.35. The summed E-state index contributed by atoms with van der Waals surface area (Å²) in [6, 6.07) is 5.05. The van der Waals surface area contributed by atoms with Gasteiger partial charge >= 0.3 is 0 Å². The van der Waals surface area contributed by atoms with Crippen LogP contribution in [0.5, 0.6) is 0 Å².